The summed E-state index contributed by atoms with van der Waals surface area (Å²) < 4.78 is 5.14. The third-order valence-electron chi connectivity index (χ3n) is 2.79. The lowest BCUT2D eigenvalue weighted by Gasteiger charge is -2.40. The molecule has 0 saturated carbocycles. The maximum atomic E-state index is 11.5. The van der Waals surface area contributed by atoms with Gasteiger partial charge in [0.2, 0.25) is 5.91 Å². The van der Waals surface area contributed by atoms with E-state index in [-0.39, 0.29) is 18.2 Å². The van der Waals surface area contributed by atoms with Gasteiger partial charge in [0.25, 0.3) is 0 Å². The Balaban J connectivity index is 2.61. The van der Waals surface area contributed by atoms with Gasteiger partial charge in [-0.3, -0.25) is 4.79 Å². The molecule has 2 unspecified atom stereocenters. The van der Waals surface area contributed by atoms with E-state index in [0.717, 1.165) is 0 Å². The molecule has 18 heavy (non-hydrogen) atoms. The minimum atomic E-state index is -1.47. The van der Waals surface area contributed by atoms with Gasteiger partial charge in [-0.05, 0) is 5.92 Å². The molecule has 0 aromatic carbocycles. The van der Waals surface area contributed by atoms with Gasteiger partial charge in [0.05, 0.1) is 6.61 Å². The van der Waals surface area contributed by atoms with Crippen molar-refractivity contribution < 1.29 is 30.0 Å². The van der Waals surface area contributed by atoms with Crippen LogP contribution < -0.4 is 5.32 Å². The smallest absolute Gasteiger partial charge is 0.222 e. The molecule has 1 amide bonds. The summed E-state index contributed by atoms with van der Waals surface area (Å²) in [5.41, 5.74) is 0. The molecule has 1 aliphatic heterocycles. The quantitative estimate of drug-likeness (QED) is 0.398. The van der Waals surface area contributed by atoms with Gasteiger partial charge >= 0.3 is 0 Å². The molecule has 1 saturated heterocycles. The zero-order valence-electron chi connectivity index (χ0n) is 10.5. The Labute approximate surface area is 105 Å². The van der Waals surface area contributed by atoms with Gasteiger partial charge in [-0.15, -0.1) is 0 Å². The largest absolute Gasteiger partial charge is 0.394 e. The highest BCUT2D eigenvalue weighted by Gasteiger charge is 2.43. The molecular formula is C11H21NO6. The van der Waals surface area contributed by atoms with E-state index in [9.17, 15) is 20.1 Å². The zero-order valence-corrected chi connectivity index (χ0v) is 10.5. The first-order chi connectivity index (χ1) is 8.36. The van der Waals surface area contributed by atoms with Crippen molar-refractivity contribution in [3.05, 3.63) is 0 Å². The maximum absolute atomic E-state index is 11.5. The molecule has 106 valence electrons. The van der Waals surface area contributed by atoms with Gasteiger partial charge < -0.3 is 30.5 Å². The Morgan fingerprint density at radius 3 is 2.33 bits per heavy atom. The second-order valence-corrected chi connectivity index (χ2v) is 4.91. The lowest BCUT2D eigenvalue weighted by molar-refractivity contribution is -0.236. The van der Waals surface area contributed by atoms with Crippen molar-refractivity contribution in [3.63, 3.8) is 0 Å². The van der Waals surface area contributed by atoms with Gasteiger partial charge in [-0.1, -0.05) is 13.8 Å². The molecular weight excluding hydrogens is 242 g/mol. The van der Waals surface area contributed by atoms with Crippen molar-refractivity contribution in [2.75, 3.05) is 6.61 Å². The molecule has 1 fully saturated rings. The summed E-state index contributed by atoms with van der Waals surface area (Å²) in [6.07, 6.45) is -6.20. The number of ether oxygens (including phenoxy) is 1. The molecule has 0 aromatic heterocycles. The summed E-state index contributed by atoms with van der Waals surface area (Å²) >= 11 is 0. The summed E-state index contributed by atoms with van der Waals surface area (Å²) in [4.78, 5) is 11.5. The highest BCUT2D eigenvalue weighted by molar-refractivity contribution is 5.76. The standard InChI is InChI=1S/C11H21NO6/c1-5(2)3-7(14)12-11-10(17)9(16)8(15)6(4-13)18-11/h5-6,8-11,13,15-17H,3-4H2,1-2H3,(H,12,14)/t6?,8-,9-,10?,11+/m0/s1. The average molecular weight is 263 g/mol. The van der Waals surface area contributed by atoms with E-state index in [1.165, 1.54) is 0 Å². The third-order valence-corrected chi connectivity index (χ3v) is 2.79. The topological polar surface area (TPSA) is 119 Å². The lowest BCUT2D eigenvalue weighted by atomic mass is 9.98. The van der Waals surface area contributed by atoms with E-state index >= 15 is 0 Å². The molecule has 0 spiro atoms. The molecule has 7 nitrogen and oxygen atoms in total. The summed E-state index contributed by atoms with van der Waals surface area (Å²) in [5, 5.41) is 40.1. The zero-order chi connectivity index (χ0) is 13.9. The Hall–Kier alpha value is -0.730. The monoisotopic (exact) mass is 263 g/mol. The first kappa shape index (κ1) is 15.3. The third kappa shape index (κ3) is 3.63. The Morgan fingerprint density at radius 2 is 1.83 bits per heavy atom. The fourth-order valence-electron chi connectivity index (χ4n) is 1.81. The van der Waals surface area contributed by atoms with E-state index in [1.807, 2.05) is 13.8 Å². The van der Waals surface area contributed by atoms with Crippen LogP contribution in [-0.2, 0) is 9.53 Å². The van der Waals surface area contributed by atoms with Crippen molar-refractivity contribution in [3.8, 4) is 0 Å². The van der Waals surface area contributed by atoms with Crippen LogP contribution in [0.25, 0.3) is 0 Å². The molecule has 0 bridgehead atoms. The van der Waals surface area contributed by atoms with Crippen molar-refractivity contribution >= 4 is 5.91 Å². The number of amides is 1. The van der Waals surface area contributed by atoms with E-state index in [4.69, 9.17) is 9.84 Å². The first-order valence-corrected chi connectivity index (χ1v) is 5.96. The summed E-state index contributed by atoms with van der Waals surface area (Å²) in [7, 11) is 0. The Bertz CT molecular complexity index is 283. The number of hydrogen-bond acceptors (Lipinski definition) is 6. The molecule has 1 heterocycles. The summed E-state index contributed by atoms with van der Waals surface area (Å²) in [5.74, 6) is -0.177. The minimum absolute atomic E-state index is 0.148. The number of aliphatic hydroxyl groups excluding tert-OH is 4. The van der Waals surface area contributed by atoms with Gasteiger partial charge in [-0.2, -0.15) is 0 Å². The normalized spacial score (nSPS) is 36.7. The average Bonchev–Trinajstić information content (AvgIpc) is 2.29. The van der Waals surface area contributed by atoms with Crippen LogP contribution in [0.3, 0.4) is 0 Å². The van der Waals surface area contributed by atoms with Crippen molar-refractivity contribution in [1.82, 2.24) is 5.32 Å². The van der Waals surface area contributed by atoms with E-state index in [1.54, 1.807) is 0 Å². The van der Waals surface area contributed by atoms with Crippen molar-refractivity contribution in [2.45, 2.75) is 50.9 Å². The summed E-state index contributed by atoms with van der Waals surface area (Å²) in [6.45, 7) is 3.22. The Kier molecular flexibility index (Phi) is 5.48. The van der Waals surface area contributed by atoms with Crippen LogP contribution in [0.1, 0.15) is 20.3 Å². The number of hydrogen-bond donors (Lipinski definition) is 5. The van der Waals surface area contributed by atoms with Crippen molar-refractivity contribution in [2.24, 2.45) is 5.92 Å². The van der Waals surface area contributed by atoms with Crippen LogP contribution in [0.2, 0.25) is 0 Å². The fourth-order valence-corrected chi connectivity index (χ4v) is 1.81. The van der Waals surface area contributed by atoms with Crippen molar-refractivity contribution in [1.29, 1.82) is 0 Å². The molecule has 1 aliphatic rings. The van der Waals surface area contributed by atoms with Gasteiger partial charge in [0.1, 0.15) is 24.4 Å². The maximum Gasteiger partial charge on any atom is 0.222 e. The van der Waals surface area contributed by atoms with Crippen LogP contribution in [-0.4, -0.2) is 63.6 Å². The van der Waals surface area contributed by atoms with E-state index in [2.05, 4.69) is 5.32 Å². The first-order valence-electron chi connectivity index (χ1n) is 5.96. The number of carbonyl (C=O) groups excluding carboxylic acids is 1. The predicted molar refractivity (Wildman–Crippen MR) is 61.4 cm³/mol. The number of rotatable bonds is 4. The number of aliphatic hydroxyl groups is 4. The van der Waals surface area contributed by atoms with Gasteiger partial charge in [-0.25, -0.2) is 0 Å². The number of nitrogens with one attached hydrogen (secondary N) is 1. The second kappa shape index (κ2) is 6.44. The van der Waals surface area contributed by atoms with Crippen LogP contribution in [0.5, 0.6) is 0 Å². The fraction of sp³-hybridized carbons (Fsp3) is 0.909. The predicted octanol–water partition coefficient (Wildman–Crippen LogP) is -2.05. The highest BCUT2D eigenvalue weighted by atomic mass is 16.6. The second-order valence-electron chi connectivity index (χ2n) is 4.91. The van der Waals surface area contributed by atoms with E-state index < -0.39 is 37.3 Å². The van der Waals surface area contributed by atoms with Crippen LogP contribution in [0, 0.1) is 5.92 Å². The molecule has 0 radical (unpaired) electrons. The highest BCUT2D eigenvalue weighted by Crippen LogP contribution is 2.19. The van der Waals surface area contributed by atoms with E-state index in [0.29, 0.717) is 0 Å². The lowest BCUT2D eigenvalue weighted by Crippen LogP contribution is -2.63. The molecule has 0 aliphatic carbocycles. The molecule has 0 aromatic rings. The van der Waals surface area contributed by atoms with Gasteiger partial charge in [0, 0.05) is 6.42 Å². The Morgan fingerprint density at radius 1 is 1.22 bits per heavy atom. The van der Waals surface area contributed by atoms with Crippen LogP contribution in [0.15, 0.2) is 0 Å². The molecule has 7 heteroatoms. The van der Waals surface area contributed by atoms with Crippen LogP contribution >= 0.6 is 0 Å². The molecule has 5 N–H and O–H groups in total. The molecule has 5 atom stereocenters. The molecule has 1 rings (SSSR count). The number of carbonyl (C=O) groups is 1. The minimum Gasteiger partial charge on any atom is -0.394 e. The van der Waals surface area contributed by atoms with Crippen LogP contribution in [0.4, 0.5) is 0 Å². The SMILES string of the molecule is CC(C)CC(=O)N[C@@H]1OC(CO)[C@H](O)[C@H](O)C1O. The van der Waals surface area contributed by atoms with Gasteiger partial charge in [0.15, 0.2) is 6.23 Å². The summed E-state index contributed by atoms with van der Waals surface area (Å²) in [6, 6.07) is 0.